The molecule has 0 saturated heterocycles. The van der Waals surface area contributed by atoms with Crippen molar-refractivity contribution in [2.45, 2.75) is 12.8 Å². The highest BCUT2D eigenvalue weighted by Gasteiger charge is 2.10. The molecule has 0 radical (unpaired) electrons. The van der Waals surface area contributed by atoms with Gasteiger partial charge in [0.15, 0.2) is 0 Å². The molecule has 1 heterocycles. The summed E-state index contributed by atoms with van der Waals surface area (Å²) in [5.74, 6) is 1.10. The fourth-order valence-electron chi connectivity index (χ4n) is 2.58. The second-order valence-electron chi connectivity index (χ2n) is 5.38. The van der Waals surface area contributed by atoms with Crippen molar-refractivity contribution in [2.24, 2.45) is 4.99 Å². The van der Waals surface area contributed by atoms with Crippen molar-refractivity contribution in [1.29, 1.82) is 0 Å². The maximum Gasteiger partial charge on any atom is 0.141 e. The van der Waals surface area contributed by atoms with Crippen molar-refractivity contribution in [2.75, 3.05) is 13.1 Å². The van der Waals surface area contributed by atoms with Crippen molar-refractivity contribution in [3.8, 4) is 0 Å². The average molecular weight is 349 g/mol. The molecule has 5 heteroatoms. The molecule has 0 unspecified atom stereocenters. The van der Waals surface area contributed by atoms with Crippen LogP contribution in [0.15, 0.2) is 53.5 Å². The molecule has 1 N–H and O–H groups in total. The standard InChI is InChI=1S/C18H17ClN2O.ClH/c19-16-6-2-4-14(10-16)12-17(22)11-13-3-1-5-15(9-13)18-20-7-8-21-18;/h1-6,9-10H,7-8,11-12H2,(H,20,21);1H. The van der Waals surface area contributed by atoms with Gasteiger partial charge in [0.2, 0.25) is 0 Å². The van der Waals surface area contributed by atoms with Gasteiger partial charge in [-0.2, -0.15) is 0 Å². The first-order chi connectivity index (χ1) is 10.7. The summed E-state index contributed by atoms with van der Waals surface area (Å²) >= 11 is 5.95. The van der Waals surface area contributed by atoms with Gasteiger partial charge in [-0.15, -0.1) is 12.4 Å². The largest absolute Gasteiger partial charge is 0.368 e. The highest BCUT2D eigenvalue weighted by molar-refractivity contribution is 6.30. The van der Waals surface area contributed by atoms with E-state index in [-0.39, 0.29) is 18.2 Å². The van der Waals surface area contributed by atoms with Gasteiger partial charge in [-0.25, -0.2) is 0 Å². The van der Waals surface area contributed by atoms with Crippen LogP contribution in [0.25, 0.3) is 0 Å². The minimum Gasteiger partial charge on any atom is -0.368 e. The lowest BCUT2D eigenvalue weighted by Crippen LogP contribution is -2.19. The van der Waals surface area contributed by atoms with Crippen LogP contribution < -0.4 is 5.32 Å². The lowest BCUT2D eigenvalue weighted by molar-refractivity contribution is -0.117. The Bertz CT molecular complexity index is 728. The number of rotatable bonds is 5. The zero-order chi connectivity index (χ0) is 15.4. The number of hydrogen-bond donors (Lipinski definition) is 1. The predicted octanol–water partition coefficient (Wildman–Crippen LogP) is 3.47. The third-order valence-electron chi connectivity index (χ3n) is 3.57. The molecule has 0 aliphatic carbocycles. The van der Waals surface area contributed by atoms with Crippen LogP contribution in [0.2, 0.25) is 5.02 Å². The van der Waals surface area contributed by atoms with Gasteiger partial charge in [-0.3, -0.25) is 9.79 Å². The normalized spacial score (nSPS) is 13.0. The molecule has 0 spiro atoms. The molecular weight excluding hydrogens is 331 g/mol. The Balaban J connectivity index is 0.00000192. The molecule has 120 valence electrons. The van der Waals surface area contributed by atoms with Crippen LogP contribution in [-0.2, 0) is 17.6 Å². The molecule has 0 aromatic heterocycles. The van der Waals surface area contributed by atoms with Crippen LogP contribution >= 0.6 is 24.0 Å². The Hall–Kier alpha value is -1.84. The molecule has 2 aromatic rings. The van der Waals surface area contributed by atoms with Crippen molar-refractivity contribution in [3.63, 3.8) is 0 Å². The number of nitrogens with one attached hydrogen (secondary N) is 1. The van der Waals surface area contributed by atoms with E-state index in [4.69, 9.17) is 11.6 Å². The second kappa shape index (κ2) is 8.14. The first-order valence-electron chi connectivity index (χ1n) is 7.34. The molecule has 0 fully saturated rings. The van der Waals surface area contributed by atoms with Gasteiger partial charge in [0.1, 0.15) is 11.6 Å². The molecule has 0 atom stereocenters. The van der Waals surface area contributed by atoms with Gasteiger partial charge in [0, 0.05) is 30.0 Å². The van der Waals surface area contributed by atoms with E-state index < -0.39 is 0 Å². The van der Waals surface area contributed by atoms with Crippen molar-refractivity contribution in [1.82, 2.24) is 5.32 Å². The summed E-state index contributed by atoms with van der Waals surface area (Å²) < 4.78 is 0. The Kier molecular flexibility index (Phi) is 6.20. The van der Waals surface area contributed by atoms with Crippen LogP contribution in [0.3, 0.4) is 0 Å². The number of carbonyl (C=O) groups is 1. The first kappa shape index (κ1) is 17.5. The lowest BCUT2D eigenvalue weighted by Gasteiger charge is -2.06. The molecule has 1 aliphatic rings. The summed E-state index contributed by atoms with van der Waals surface area (Å²) in [7, 11) is 0. The number of ketones is 1. The predicted molar refractivity (Wildman–Crippen MR) is 97.0 cm³/mol. The van der Waals surface area contributed by atoms with E-state index in [2.05, 4.69) is 10.3 Å². The average Bonchev–Trinajstić information content (AvgIpc) is 3.01. The summed E-state index contributed by atoms with van der Waals surface area (Å²) in [6.07, 6.45) is 0.831. The quantitative estimate of drug-likeness (QED) is 0.898. The van der Waals surface area contributed by atoms with Crippen molar-refractivity contribution >= 4 is 35.6 Å². The molecule has 2 aromatic carbocycles. The van der Waals surface area contributed by atoms with Crippen LogP contribution in [-0.4, -0.2) is 24.7 Å². The first-order valence-corrected chi connectivity index (χ1v) is 7.72. The zero-order valence-corrected chi connectivity index (χ0v) is 14.2. The number of hydrogen-bond acceptors (Lipinski definition) is 3. The number of nitrogens with zero attached hydrogens (tertiary/aromatic N) is 1. The molecule has 0 saturated carbocycles. The van der Waals surface area contributed by atoms with Crippen LogP contribution in [0.5, 0.6) is 0 Å². The summed E-state index contributed by atoms with van der Waals surface area (Å²) in [4.78, 5) is 16.6. The number of carbonyl (C=O) groups excluding carboxylic acids is 1. The third kappa shape index (κ3) is 4.81. The summed E-state index contributed by atoms with van der Waals surface area (Å²) in [6, 6.07) is 15.5. The number of benzene rings is 2. The van der Waals surface area contributed by atoms with Gasteiger partial charge in [-0.05, 0) is 29.3 Å². The smallest absolute Gasteiger partial charge is 0.141 e. The van der Waals surface area contributed by atoms with Gasteiger partial charge < -0.3 is 5.32 Å². The maximum atomic E-state index is 12.2. The summed E-state index contributed by atoms with van der Waals surface area (Å²) in [5.41, 5.74) is 3.02. The molecule has 3 rings (SSSR count). The van der Waals surface area contributed by atoms with Crippen LogP contribution in [0.1, 0.15) is 16.7 Å². The van der Waals surface area contributed by atoms with E-state index in [1.54, 1.807) is 0 Å². The topological polar surface area (TPSA) is 41.5 Å². The molecular formula is C18H18Cl2N2O. The van der Waals surface area contributed by atoms with Crippen molar-refractivity contribution in [3.05, 3.63) is 70.2 Å². The fraction of sp³-hybridized carbons (Fsp3) is 0.222. The number of amidine groups is 1. The van der Waals surface area contributed by atoms with Gasteiger partial charge in [0.05, 0.1) is 6.54 Å². The molecule has 1 aliphatic heterocycles. The third-order valence-corrected chi connectivity index (χ3v) is 3.80. The fourth-order valence-corrected chi connectivity index (χ4v) is 2.80. The van der Waals surface area contributed by atoms with Crippen molar-refractivity contribution < 1.29 is 4.79 Å². The van der Waals surface area contributed by atoms with E-state index in [9.17, 15) is 4.79 Å². The second-order valence-corrected chi connectivity index (χ2v) is 5.82. The molecule has 23 heavy (non-hydrogen) atoms. The highest BCUT2D eigenvalue weighted by Crippen LogP contribution is 2.13. The Morgan fingerprint density at radius 1 is 1.09 bits per heavy atom. The van der Waals surface area contributed by atoms with Crippen LogP contribution in [0, 0.1) is 0 Å². The SMILES string of the molecule is Cl.O=C(Cc1cccc(Cl)c1)Cc1cccc(C2=NCCN2)c1. The summed E-state index contributed by atoms with van der Waals surface area (Å²) in [6.45, 7) is 1.69. The van der Waals surface area contributed by atoms with E-state index in [0.29, 0.717) is 17.9 Å². The van der Waals surface area contributed by atoms with E-state index in [1.165, 1.54) is 0 Å². The Labute approximate surface area is 147 Å². The monoisotopic (exact) mass is 348 g/mol. The van der Waals surface area contributed by atoms with Gasteiger partial charge in [0.25, 0.3) is 0 Å². The summed E-state index contributed by atoms with van der Waals surface area (Å²) in [5, 5.41) is 3.91. The zero-order valence-electron chi connectivity index (χ0n) is 12.6. The minimum absolute atomic E-state index is 0. The number of Topliss-reactive ketones (excluding diaryl/α,β-unsaturated/α-hetero) is 1. The highest BCUT2D eigenvalue weighted by atomic mass is 35.5. The Morgan fingerprint density at radius 3 is 2.43 bits per heavy atom. The molecule has 0 amide bonds. The van der Waals surface area contributed by atoms with Gasteiger partial charge >= 0.3 is 0 Å². The van der Waals surface area contributed by atoms with Gasteiger partial charge in [-0.1, -0.05) is 41.9 Å². The minimum atomic E-state index is 0. The lowest BCUT2D eigenvalue weighted by atomic mass is 10.0. The molecule has 0 bridgehead atoms. The maximum absolute atomic E-state index is 12.2. The Morgan fingerprint density at radius 2 is 1.78 bits per heavy atom. The van der Waals surface area contributed by atoms with Crippen LogP contribution in [0.4, 0.5) is 0 Å². The van der Waals surface area contributed by atoms with E-state index >= 15 is 0 Å². The number of halogens is 2. The number of aliphatic imine (C=N–C) groups is 1. The van der Waals surface area contributed by atoms with E-state index in [0.717, 1.165) is 35.6 Å². The van der Waals surface area contributed by atoms with E-state index in [1.807, 2.05) is 48.5 Å². The molecule has 3 nitrogen and oxygen atoms in total.